The van der Waals surface area contributed by atoms with Gasteiger partial charge < -0.3 is 30.4 Å². The van der Waals surface area contributed by atoms with Gasteiger partial charge in [0.1, 0.15) is 17.7 Å². The fraction of sp³-hybridized carbons (Fsp3) is 0.524. The van der Waals surface area contributed by atoms with Crippen molar-refractivity contribution >= 4 is 23.3 Å². The normalized spacial score (nSPS) is 24.2. The predicted molar refractivity (Wildman–Crippen MR) is 115 cm³/mol. The molecule has 2 aliphatic rings. The van der Waals surface area contributed by atoms with Gasteiger partial charge >= 0.3 is 12.1 Å². The molecule has 3 atom stereocenters. The Labute approximate surface area is 193 Å². The highest BCUT2D eigenvalue weighted by molar-refractivity contribution is 5.70. The van der Waals surface area contributed by atoms with Crippen molar-refractivity contribution in [2.45, 2.75) is 37.3 Å². The third kappa shape index (κ3) is 5.30. The molecule has 4 N–H and O–H groups in total. The lowest BCUT2D eigenvalue weighted by atomic mass is 9.97. The fourth-order valence-corrected chi connectivity index (χ4v) is 4.24. The number of anilines is 3. The first-order valence-corrected chi connectivity index (χ1v) is 10.8. The third-order valence-corrected chi connectivity index (χ3v) is 6.15. The van der Waals surface area contributed by atoms with Crippen LogP contribution in [0.3, 0.4) is 0 Å². The van der Waals surface area contributed by atoms with E-state index in [0.29, 0.717) is 37.9 Å². The Morgan fingerprint density at radius 1 is 1.06 bits per heavy atom. The summed E-state index contributed by atoms with van der Waals surface area (Å²) in [5.74, 6) is -0.757. The van der Waals surface area contributed by atoms with E-state index >= 15 is 0 Å². The number of alkyl halides is 3. The first-order chi connectivity index (χ1) is 16.1. The number of nitrogens with one attached hydrogen (secondary N) is 1. The Balaban J connectivity index is 1.43. The van der Waals surface area contributed by atoms with Gasteiger partial charge in [-0.2, -0.15) is 13.2 Å². The summed E-state index contributed by atoms with van der Waals surface area (Å²) >= 11 is 0. The van der Waals surface area contributed by atoms with Crippen molar-refractivity contribution in [3.8, 4) is 0 Å². The molecule has 10 nitrogen and oxygen atoms in total. The zero-order valence-electron chi connectivity index (χ0n) is 18.1. The number of piperidine rings is 2. The number of aromatic nitrogens is 3. The molecule has 0 saturated carbocycles. The molecule has 2 aromatic rings. The molecular weight excluding hydrogens is 457 g/mol. The summed E-state index contributed by atoms with van der Waals surface area (Å²) in [4.78, 5) is 26.4. The molecule has 4 heterocycles. The number of aliphatic hydroxyl groups is 2. The fourth-order valence-electron chi connectivity index (χ4n) is 4.24. The Morgan fingerprint density at radius 3 is 2.41 bits per heavy atom. The molecule has 184 valence electrons. The molecule has 0 radical (unpaired) electrons. The molecule has 2 saturated heterocycles. The van der Waals surface area contributed by atoms with Crippen molar-refractivity contribution in [2.24, 2.45) is 5.92 Å². The highest BCUT2D eigenvalue weighted by atomic mass is 19.4. The Hall–Kier alpha value is -3.19. The molecule has 2 aliphatic heterocycles. The number of aliphatic carboxylic acids is 1. The minimum atomic E-state index is -4.66. The molecule has 2 aromatic heterocycles. The average Bonchev–Trinajstić information content (AvgIpc) is 2.82. The molecule has 0 amide bonds. The molecular formula is C21H25F3N6O4. The van der Waals surface area contributed by atoms with Crippen molar-refractivity contribution in [1.29, 1.82) is 0 Å². The van der Waals surface area contributed by atoms with Gasteiger partial charge in [0, 0.05) is 26.2 Å². The van der Waals surface area contributed by atoms with Crippen LogP contribution in [0.15, 0.2) is 30.7 Å². The number of carbonyl (C=O) groups is 1. The van der Waals surface area contributed by atoms with E-state index in [2.05, 4.69) is 25.2 Å². The lowest BCUT2D eigenvalue weighted by Gasteiger charge is -2.40. The van der Waals surface area contributed by atoms with Gasteiger partial charge in [-0.3, -0.25) is 9.78 Å². The largest absolute Gasteiger partial charge is 0.481 e. The smallest absolute Gasteiger partial charge is 0.434 e. The van der Waals surface area contributed by atoms with Crippen LogP contribution in [0, 0.1) is 5.92 Å². The minimum absolute atomic E-state index is 0.0873. The van der Waals surface area contributed by atoms with Gasteiger partial charge in [-0.1, -0.05) is 0 Å². The van der Waals surface area contributed by atoms with Crippen LogP contribution in [-0.2, 0) is 11.0 Å². The van der Waals surface area contributed by atoms with Crippen LogP contribution >= 0.6 is 0 Å². The van der Waals surface area contributed by atoms with E-state index in [4.69, 9.17) is 5.11 Å². The SMILES string of the molecule is O=C(O)C1CCN(c2ccc(N3C[C@H](Nc4cncc(C(F)(F)F)n4)[C@@H](O)[C@@H](O)C3)nc2)CC1. The van der Waals surface area contributed by atoms with Crippen LogP contribution in [0.2, 0.25) is 0 Å². The van der Waals surface area contributed by atoms with E-state index < -0.39 is 36.1 Å². The number of hydrogen-bond acceptors (Lipinski definition) is 9. The van der Waals surface area contributed by atoms with E-state index in [1.165, 1.54) is 0 Å². The van der Waals surface area contributed by atoms with Gasteiger partial charge in [0.2, 0.25) is 0 Å². The van der Waals surface area contributed by atoms with Gasteiger partial charge in [0.25, 0.3) is 0 Å². The number of carboxylic acids is 1. The van der Waals surface area contributed by atoms with E-state index in [1.54, 1.807) is 17.2 Å². The summed E-state index contributed by atoms with van der Waals surface area (Å²) in [5, 5.41) is 32.6. The zero-order chi connectivity index (χ0) is 24.5. The number of rotatable bonds is 5. The number of aliphatic hydroxyl groups excluding tert-OH is 2. The molecule has 0 aromatic carbocycles. The predicted octanol–water partition coefficient (Wildman–Crippen LogP) is 1.21. The van der Waals surface area contributed by atoms with Gasteiger partial charge in [-0.15, -0.1) is 0 Å². The van der Waals surface area contributed by atoms with Crippen molar-refractivity contribution in [3.05, 3.63) is 36.4 Å². The zero-order valence-corrected chi connectivity index (χ0v) is 18.1. The highest BCUT2D eigenvalue weighted by Crippen LogP contribution is 2.29. The number of carboxylic acid groups (broad SMARTS) is 1. The van der Waals surface area contributed by atoms with E-state index in [9.17, 15) is 28.2 Å². The van der Waals surface area contributed by atoms with Crippen LogP contribution in [-0.4, -0.2) is 80.7 Å². The van der Waals surface area contributed by atoms with E-state index in [0.717, 1.165) is 11.9 Å². The molecule has 0 aliphatic carbocycles. The molecule has 13 heteroatoms. The van der Waals surface area contributed by atoms with Crippen molar-refractivity contribution < 1.29 is 33.3 Å². The van der Waals surface area contributed by atoms with Gasteiger partial charge in [0.05, 0.1) is 42.3 Å². The number of halogens is 3. The van der Waals surface area contributed by atoms with E-state index in [-0.39, 0.29) is 24.8 Å². The molecule has 0 unspecified atom stereocenters. The quantitative estimate of drug-likeness (QED) is 0.493. The lowest BCUT2D eigenvalue weighted by molar-refractivity contribution is -0.142. The maximum atomic E-state index is 12.9. The van der Waals surface area contributed by atoms with E-state index in [1.807, 2.05) is 6.07 Å². The van der Waals surface area contributed by atoms with Crippen molar-refractivity contribution in [1.82, 2.24) is 15.0 Å². The van der Waals surface area contributed by atoms with Crippen LogP contribution < -0.4 is 15.1 Å². The second kappa shape index (κ2) is 9.58. The van der Waals surface area contributed by atoms with Gasteiger partial charge in [-0.05, 0) is 25.0 Å². The molecule has 2 fully saturated rings. The standard InChI is InChI=1S/C21H25F3N6O4/c22-21(23,24)16-8-25-9-17(28-16)27-14-10-30(11-15(31)19(14)32)18-2-1-13(7-26-18)29-5-3-12(4-6-29)20(33)34/h1-2,7-9,12,14-15,19,31-32H,3-6,10-11H2,(H,27,28)(H,33,34)/t14-,15-,19+/m0/s1. The maximum Gasteiger partial charge on any atom is 0.434 e. The first kappa shape index (κ1) is 24.0. The molecule has 0 bridgehead atoms. The first-order valence-electron chi connectivity index (χ1n) is 10.8. The monoisotopic (exact) mass is 482 g/mol. The molecule has 0 spiro atoms. The Kier molecular flexibility index (Phi) is 6.75. The number of β-amino-alcohol motifs (C(OH)–C–C–N with tert-alkyl or cyclic N) is 1. The Bertz CT molecular complexity index is 1000. The molecule has 34 heavy (non-hydrogen) atoms. The second-order valence-corrected chi connectivity index (χ2v) is 8.48. The summed E-state index contributed by atoms with van der Waals surface area (Å²) < 4.78 is 38.8. The average molecular weight is 482 g/mol. The van der Waals surface area contributed by atoms with Gasteiger partial charge in [-0.25, -0.2) is 9.97 Å². The summed E-state index contributed by atoms with van der Waals surface area (Å²) in [7, 11) is 0. The van der Waals surface area contributed by atoms with Crippen LogP contribution in [0.4, 0.5) is 30.5 Å². The minimum Gasteiger partial charge on any atom is -0.481 e. The number of nitrogens with zero attached hydrogens (tertiary/aromatic N) is 5. The second-order valence-electron chi connectivity index (χ2n) is 8.48. The highest BCUT2D eigenvalue weighted by Gasteiger charge is 2.37. The summed E-state index contributed by atoms with van der Waals surface area (Å²) in [6.45, 7) is 1.46. The summed E-state index contributed by atoms with van der Waals surface area (Å²) in [5.41, 5.74) is -0.316. The number of hydrogen-bond donors (Lipinski definition) is 4. The summed E-state index contributed by atoms with van der Waals surface area (Å²) in [6, 6.07) is 2.78. The van der Waals surface area contributed by atoms with Crippen molar-refractivity contribution in [3.63, 3.8) is 0 Å². The number of pyridine rings is 1. The summed E-state index contributed by atoms with van der Waals surface area (Å²) in [6.07, 6.45) is -2.56. The van der Waals surface area contributed by atoms with Gasteiger partial charge in [0.15, 0.2) is 5.69 Å². The van der Waals surface area contributed by atoms with Crippen LogP contribution in [0.25, 0.3) is 0 Å². The third-order valence-electron chi connectivity index (χ3n) is 6.15. The molecule has 4 rings (SSSR count). The lowest BCUT2D eigenvalue weighted by Crippen LogP contribution is -2.58. The Morgan fingerprint density at radius 2 is 1.79 bits per heavy atom. The van der Waals surface area contributed by atoms with Crippen molar-refractivity contribution in [2.75, 3.05) is 41.3 Å². The topological polar surface area (TPSA) is 135 Å². The van der Waals surface area contributed by atoms with Crippen LogP contribution in [0.1, 0.15) is 18.5 Å². The van der Waals surface area contributed by atoms with Crippen LogP contribution in [0.5, 0.6) is 0 Å². The maximum absolute atomic E-state index is 12.9.